The summed E-state index contributed by atoms with van der Waals surface area (Å²) < 4.78 is 27.9. The summed E-state index contributed by atoms with van der Waals surface area (Å²) in [6.45, 7) is 5.63. The van der Waals surface area contributed by atoms with Crippen LogP contribution in [-0.2, 0) is 21.4 Å². The maximum Gasteiger partial charge on any atom is 0.243 e. The van der Waals surface area contributed by atoms with E-state index in [-0.39, 0.29) is 18.0 Å². The summed E-state index contributed by atoms with van der Waals surface area (Å²) in [7, 11) is -3.92. The van der Waals surface area contributed by atoms with Gasteiger partial charge in [0.15, 0.2) is 0 Å². The molecule has 1 amide bonds. The molecular weight excluding hydrogens is 432 g/mol. The van der Waals surface area contributed by atoms with Crippen molar-refractivity contribution >= 4 is 33.2 Å². The molecule has 0 radical (unpaired) electrons. The smallest absolute Gasteiger partial charge is 0.243 e. The highest BCUT2D eigenvalue weighted by Gasteiger charge is 2.27. The van der Waals surface area contributed by atoms with E-state index in [2.05, 4.69) is 5.32 Å². The highest BCUT2D eigenvalue weighted by Crippen LogP contribution is 2.22. The van der Waals surface area contributed by atoms with Crippen LogP contribution in [0.2, 0.25) is 5.02 Å². The van der Waals surface area contributed by atoms with Gasteiger partial charge in [0.25, 0.3) is 0 Å². The largest absolute Gasteiger partial charge is 0.325 e. The van der Waals surface area contributed by atoms with Gasteiger partial charge in [0, 0.05) is 17.3 Å². The highest BCUT2D eigenvalue weighted by atomic mass is 35.5. The predicted octanol–water partition coefficient (Wildman–Crippen LogP) is 5.09. The minimum Gasteiger partial charge on any atom is -0.325 e. The first-order valence-corrected chi connectivity index (χ1v) is 11.7. The Bertz CT molecular complexity index is 1190. The second-order valence-corrected chi connectivity index (χ2v) is 9.88. The third-order valence-corrected chi connectivity index (χ3v) is 7.23. The van der Waals surface area contributed by atoms with E-state index in [1.165, 1.54) is 28.6 Å². The molecule has 0 atom stereocenters. The van der Waals surface area contributed by atoms with Gasteiger partial charge in [-0.15, -0.1) is 0 Å². The standard InChI is InChI=1S/C24H25ClN2O3S/c1-17-8-11-22(14-19(17)3)26-24(28)16-27(15-20-7-5-4-6-18(20)2)31(29,30)23-12-9-21(25)10-13-23/h4-14H,15-16H2,1-3H3,(H,26,28). The van der Waals surface area contributed by atoms with Crippen LogP contribution in [0.3, 0.4) is 0 Å². The van der Waals surface area contributed by atoms with Crippen molar-refractivity contribution in [3.8, 4) is 0 Å². The number of nitrogens with zero attached hydrogens (tertiary/aromatic N) is 1. The van der Waals surface area contributed by atoms with Crippen molar-refractivity contribution in [3.63, 3.8) is 0 Å². The molecule has 0 fully saturated rings. The molecular formula is C24H25ClN2O3S. The van der Waals surface area contributed by atoms with Gasteiger partial charge in [0.2, 0.25) is 15.9 Å². The molecule has 0 aliphatic rings. The molecule has 162 valence electrons. The van der Waals surface area contributed by atoms with E-state index in [1.807, 2.05) is 57.2 Å². The molecule has 0 saturated heterocycles. The number of sulfonamides is 1. The summed E-state index contributed by atoms with van der Waals surface area (Å²) in [6.07, 6.45) is 0. The zero-order valence-corrected chi connectivity index (χ0v) is 19.3. The van der Waals surface area contributed by atoms with E-state index < -0.39 is 15.9 Å². The van der Waals surface area contributed by atoms with Crippen LogP contribution in [0.25, 0.3) is 0 Å². The topological polar surface area (TPSA) is 66.5 Å². The Hall–Kier alpha value is -2.67. The molecule has 3 aromatic rings. The second kappa shape index (κ2) is 9.64. The van der Waals surface area contributed by atoms with Gasteiger partial charge in [-0.05, 0) is 79.4 Å². The molecule has 3 rings (SSSR count). The number of carbonyl (C=O) groups excluding carboxylic acids is 1. The summed E-state index contributed by atoms with van der Waals surface area (Å²) in [4.78, 5) is 12.9. The predicted molar refractivity (Wildman–Crippen MR) is 125 cm³/mol. The molecule has 3 aromatic carbocycles. The number of nitrogens with one attached hydrogen (secondary N) is 1. The van der Waals surface area contributed by atoms with Gasteiger partial charge in [-0.1, -0.05) is 41.9 Å². The van der Waals surface area contributed by atoms with Gasteiger partial charge in [0.1, 0.15) is 0 Å². The Morgan fingerprint density at radius 1 is 0.903 bits per heavy atom. The number of carbonyl (C=O) groups is 1. The fourth-order valence-corrected chi connectivity index (χ4v) is 4.64. The van der Waals surface area contributed by atoms with Crippen LogP contribution in [0.5, 0.6) is 0 Å². The average Bonchev–Trinajstić information content (AvgIpc) is 2.72. The van der Waals surface area contributed by atoms with Crippen molar-refractivity contribution in [2.24, 2.45) is 0 Å². The SMILES string of the molecule is Cc1ccc(NC(=O)CN(Cc2ccccc2C)S(=O)(=O)c2ccc(Cl)cc2)cc1C. The molecule has 7 heteroatoms. The zero-order valence-electron chi connectivity index (χ0n) is 17.7. The lowest BCUT2D eigenvalue weighted by atomic mass is 10.1. The van der Waals surface area contributed by atoms with Crippen molar-refractivity contribution in [1.82, 2.24) is 4.31 Å². The number of benzene rings is 3. The average molecular weight is 457 g/mol. The Balaban J connectivity index is 1.89. The van der Waals surface area contributed by atoms with Crippen LogP contribution in [0, 0.1) is 20.8 Å². The van der Waals surface area contributed by atoms with Gasteiger partial charge in [-0.2, -0.15) is 4.31 Å². The lowest BCUT2D eigenvalue weighted by molar-refractivity contribution is -0.116. The molecule has 0 saturated carbocycles. The molecule has 0 aliphatic heterocycles. The van der Waals surface area contributed by atoms with Crippen molar-refractivity contribution in [2.75, 3.05) is 11.9 Å². The van der Waals surface area contributed by atoms with Crippen molar-refractivity contribution in [2.45, 2.75) is 32.2 Å². The van der Waals surface area contributed by atoms with E-state index in [9.17, 15) is 13.2 Å². The van der Waals surface area contributed by atoms with Crippen LogP contribution in [0.15, 0.2) is 71.6 Å². The maximum atomic E-state index is 13.3. The van der Waals surface area contributed by atoms with E-state index in [0.717, 1.165) is 22.3 Å². The second-order valence-electron chi connectivity index (χ2n) is 7.50. The molecule has 31 heavy (non-hydrogen) atoms. The maximum absolute atomic E-state index is 13.3. The first-order chi connectivity index (χ1) is 14.7. The Labute approximate surface area is 188 Å². The number of amides is 1. The normalized spacial score (nSPS) is 11.5. The van der Waals surface area contributed by atoms with Gasteiger partial charge in [0.05, 0.1) is 11.4 Å². The van der Waals surface area contributed by atoms with E-state index in [0.29, 0.717) is 10.7 Å². The number of anilines is 1. The summed E-state index contributed by atoms with van der Waals surface area (Å²) in [5, 5.41) is 3.25. The third-order valence-electron chi connectivity index (χ3n) is 5.17. The fraction of sp³-hybridized carbons (Fsp3) is 0.208. The van der Waals surface area contributed by atoms with Crippen LogP contribution >= 0.6 is 11.6 Å². The first-order valence-electron chi connectivity index (χ1n) is 9.84. The number of hydrogen-bond donors (Lipinski definition) is 1. The Morgan fingerprint density at radius 2 is 1.58 bits per heavy atom. The molecule has 1 N–H and O–H groups in total. The third kappa shape index (κ3) is 5.73. The molecule has 0 aromatic heterocycles. The van der Waals surface area contributed by atoms with Crippen LogP contribution in [0.4, 0.5) is 5.69 Å². The number of hydrogen-bond acceptors (Lipinski definition) is 3. The molecule has 5 nitrogen and oxygen atoms in total. The van der Waals surface area contributed by atoms with Gasteiger partial charge in [-0.25, -0.2) is 8.42 Å². The lowest BCUT2D eigenvalue weighted by Crippen LogP contribution is -2.37. The first kappa shape index (κ1) is 23.0. The van der Waals surface area contributed by atoms with Crippen LogP contribution in [-0.4, -0.2) is 25.2 Å². The van der Waals surface area contributed by atoms with E-state index >= 15 is 0 Å². The monoisotopic (exact) mass is 456 g/mol. The molecule has 0 spiro atoms. The molecule has 0 bridgehead atoms. The summed E-state index contributed by atoms with van der Waals surface area (Å²) in [5.41, 5.74) is 4.58. The highest BCUT2D eigenvalue weighted by molar-refractivity contribution is 7.89. The molecule has 0 aliphatic carbocycles. The van der Waals surface area contributed by atoms with Crippen molar-refractivity contribution in [1.29, 1.82) is 0 Å². The fourth-order valence-electron chi connectivity index (χ4n) is 3.14. The van der Waals surface area contributed by atoms with Crippen LogP contribution in [0.1, 0.15) is 22.3 Å². The summed E-state index contributed by atoms with van der Waals surface area (Å²) in [6, 6.07) is 19.1. The number of rotatable bonds is 7. The Kier molecular flexibility index (Phi) is 7.15. The molecule has 0 heterocycles. The quantitative estimate of drug-likeness (QED) is 0.538. The summed E-state index contributed by atoms with van der Waals surface area (Å²) in [5.74, 6) is -0.408. The van der Waals surface area contributed by atoms with E-state index in [4.69, 9.17) is 11.6 Å². The number of halogens is 1. The zero-order chi connectivity index (χ0) is 22.6. The van der Waals surface area contributed by atoms with Crippen molar-refractivity contribution in [3.05, 3.63) is 94.0 Å². The Morgan fingerprint density at radius 3 is 2.23 bits per heavy atom. The van der Waals surface area contributed by atoms with Gasteiger partial charge < -0.3 is 5.32 Å². The van der Waals surface area contributed by atoms with Crippen LogP contribution < -0.4 is 5.32 Å². The van der Waals surface area contributed by atoms with E-state index in [1.54, 1.807) is 6.07 Å². The lowest BCUT2D eigenvalue weighted by Gasteiger charge is -2.23. The summed E-state index contributed by atoms with van der Waals surface area (Å²) >= 11 is 5.92. The minimum absolute atomic E-state index is 0.0813. The van der Waals surface area contributed by atoms with Gasteiger partial charge in [-0.3, -0.25) is 4.79 Å². The number of aryl methyl sites for hydroxylation is 3. The van der Waals surface area contributed by atoms with Gasteiger partial charge >= 0.3 is 0 Å². The minimum atomic E-state index is -3.92. The molecule has 0 unspecified atom stereocenters. The van der Waals surface area contributed by atoms with Crippen molar-refractivity contribution < 1.29 is 13.2 Å².